The van der Waals surface area contributed by atoms with Gasteiger partial charge >= 0.3 is 0 Å². The van der Waals surface area contributed by atoms with Crippen molar-refractivity contribution in [2.24, 2.45) is 0 Å². The van der Waals surface area contributed by atoms with Gasteiger partial charge in [0.15, 0.2) is 0 Å². The fourth-order valence-corrected chi connectivity index (χ4v) is 1.21. The van der Waals surface area contributed by atoms with Crippen molar-refractivity contribution in [1.29, 1.82) is 0 Å². The lowest BCUT2D eigenvalue weighted by Crippen LogP contribution is -2.37. The molecule has 1 saturated heterocycles. The first-order chi connectivity index (χ1) is 8.44. The third-order valence-corrected chi connectivity index (χ3v) is 2.40. The molecule has 0 amide bonds. The van der Waals surface area contributed by atoms with Crippen LogP contribution < -0.4 is 10.6 Å². The highest BCUT2D eigenvalue weighted by atomic mass is 16.8. The van der Waals surface area contributed by atoms with Crippen LogP contribution in [0.3, 0.4) is 0 Å². The maximum Gasteiger partial charge on any atom is 0.277 e. The molecule has 7 nitrogen and oxygen atoms in total. The Balaban J connectivity index is 2.26. The van der Waals surface area contributed by atoms with E-state index in [9.17, 15) is 10.4 Å². The summed E-state index contributed by atoms with van der Waals surface area (Å²) >= 11 is 0. The van der Waals surface area contributed by atoms with Gasteiger partial charge in [-0.25, -0.2) is 0 Å². The maximum absolute atomic E-state index is 10.5. The van der Waals surface area contributed by atoms with E-state index in [-0.39, 0.29) is 17.5 Å². The predicted molar refractivity (Wildman–Crippen MR) is 68.0 cm³/mol. The molecule has 1 atom stereocenters. The van der Waals surface area contributed by atoms with Crippen molar-refractivity contribution in [3.63, 3.8) is 0 Å². The van der Waals surface area contributed by atoms with E-state index in [4.69, 9.17) is 9.47 Å². The Labute approximate surface area is 107 Å². The molecule has 0 unspecified atom stereocenters. The van der Waals surface area contributed by atoms with Crippen molar-refractivity contribution in [3.05, 3.63) is 22.7 Å². The molecule has 0 saturated carbocycles. The van der Waals surface area contributed by atoms with Crippen molar-refractivity contribution in [2.75, 3.05) is 26.8 Å². The summed E-state index contributed by atoms with van der Waals surface area (Å²) in [6.07, 6.45) is 3.14. The molecule has 0 aromatic carbocycles. The molecule has 0 spiro atoms. The van der Waals surface area contributed by atoms with Gasteiger partial charge in [-0.3, -0.25) is 10.2 Å². The molecule has 1 rings (SSSR count). The number of hydrogen-bond acceptors (Lipinski definition) is 5. The van der Waals surface area contributed by atoms with Gasteiger partial charge in [-0.1, -0.05) is 0 Å². The number of ether oxygens (including phenoxy) is 2. The minimum absolute atomic E-state index is 0.0624. The minimum Gasteiger partial charge on any atom is -0.712 e. The van der Waals surface area contributed by atoms with Crippen molar-refractivity contribution >= 4 is 5.84 Å². The summed E-state index contributed by atoms with van der Waals surface area (Å²) in [5.41, 5.74) is -0.343. The van der Waals surface area contributed by atoms with E-state index in [1.807, 2.05) is 13.8 Å². The predicted octanol–water partition coefficient (Wildman–Crippen LogP) is -0.0903. The van der Waals surface area contributed by atoms with Gasteiger partial charge in [-0.05, 0) is 13.8 Å². The smallest absolute Gasteiger partial charge is 0.277 e. The normalized spacial score (nSPS) is 18.7. The number of rotatable bonds is 7. The molecule has 1 heterocycles. The lowest BCUT2D eigenvalue weighted by Gasteiger charge is -2.24. The number of nitrogens with zero attached hydrogens (tertiary/aromatic N) is 1. The quantitative estimate of drug-likeness (QED) is 0.218. The Hall–Kier alpha value is -1.47. The molecule has 7 heteroatoms. The van der Waals surface area contributed by atoms with Crippen LogP contribution in [0.15, 0.2) is 12.3 Å². The summed E-state index contributed by atoms with van der Waals surface area (Å²) in [6, 6.07) is 0. The first-order valence-electron chi connectivity index (χ1n) is 5.79. The van der Waals surface area contributed by atoms with Gasteiger partial charge < -0.3 is 25.2 Å². The Bertz CT molecular complexity index is 320. The van der Waals surface area contributed by atoms with Crippen LogP contribution in [-0.4, -0.2) is 49.2 Å². The highest BCUT2D eigenvalue weighted by Crippen LogP contribution is 2.14. The van der Waals surface area contributed by atoms with Crippen molar-refractivity contribution in [2.45, 2.75) is 25.6 Å². The van der Waals surface area contributed by atoms with Crippen LogP contribution in [0.4, 0.5) is 0 Å². The van der Waals surface area contributed by atoms with Gasteiger partial charge in [0.2, 0.25) is 0 Å². The second-order valence-corrected chi connectivity index (χ2v) is 4.63. The van der Waals surface area contributed by atoms with E-state index in [1.165, 1.54) is 19.3 Å². The largest absolute Gasteiger partial charge is 0.712 e. The zero-order chi connectivity index (χ0) is 13.6. The van der Waals surface area contributed by atoms with E-state index in [0.717, 1.165) is 6.61 Å². The molecule has 0 bridgehead atoms. The van der Waals surface area contributed by atoms with E-state index < -0.39 is 4.90 Å². The van der Waals surface area contributed by atoms with Crippen LogP contribution >= 0.6 is 0 Å². The van der Waals surface area contributed by atoms with Crippen LogP contribution in [0, 0.1) is 10.4 Å². The van der Waals surface area contributed by atoms with Gasteiger partial charge in [0.05, 0.1) is 25.9 Å². The molecule has 18 heavy (non-hydrogen) atoms. The second-order valence-electron chi connectivity index (χ2n) is 4.63. The van der Waals surface area contributed by atoms with E-state index in [0.29, 0.717) is 13.2 Å². The first kappa shape index (κ1) is 14.6. The number of hydrogen-bond donors (Lipinski definition) is 2. The van der Waals surface area contributed by atoms with Crippen molar-refractivity contribution < 1.29 is 14.4 Å². The topological polar surface area (TPSA) is 95.0 Å². The molecule has 1 fully saturated rings. The summed E-state index contributed by atoms with van der Waals surface area (Å²) in [4.78, 5) is -0.482. The van der Waals surface area contributed by atoms with Crippen LogP contribution in [0.1, 0.15) is 13.8 Å². The summed E-state index contributed by atoms with van der Waals surface area (Å²) in [5.74, 6) is -0.0624. The molecule has 2 N–H and O–H groups in total. The molecule has 0 aliphatic carbocycles. The molecular weight excluding hydrogens is 238 g/mol. The molecule has 0 aromatic rings. The molecular formula is C11H20N3O4-. The molecule has 1 aliphatic heterocycles. The molecule has 0 aromatic heterocycles. The van der Waals surface area contributed by atoms with Crippen LogP contribution in [0.25, 0.3) is 0 Å². The monoisotopic (exact) mass is 258 g/mol. The average molecular weight is 258 g/mol. The van der Waals surface area contributed by atoms with Gasteiger partial charge in [-0.15, -0.1) is 0 Å². The maximum atomic E-state index is 10.5. The first-order valence-corrected chi connectivity index (χ1v) is 5.79. The van der Waals surface area contributed by atoms with Gasteiger partial charge in [0.25, 0.3) is 5.84 Å². The van der Waals surface area contributed by atoms with Gasteiger partial charge in [0.1, 0.15) is 6.10 Å². The summed E-state index contributed by atoms with van der Waals surface area (Å²) in [5, 5.41) is 26.5. The Morgan fingerprint density at radius 2 is 2.22 bits per heavy atom. The number of nitrogens with one attached hydrogen (secondary N) is 2. The van der Waals surface area contributed by atoms with Crippen LogP contribution in [-0.2, 0) is 9.47 Å². The number of epoxide rings is 1. The SMILES string of the molecule is CNC(C=CNCC(C)(C)OC[C@H]1CO1)=[N+]([O-])[O-]. The number of likely N-dealkylation sites (N-methyl/N-ethyl adjacent to an activating group) is 1. The third-order valence-electron chi connectivity index (χ3n) is 2.40. The second kappa shape index (κ2) is 6.46. The minimum atomic E-state index is -0.482. The lowest BCUT2D eigenvalue weighted by atomic mass is 10.1. The third kappa shape index (κ3) is 5.74. The fourth-order valence-electron chi connectivity index (χ4n) is 1.21. The highest BCUT2D eigenvalue weighted by Gasteiger charge is 2.27. The summed E-state index contributed by atoms with van der Waals surface area (Å²) in [7, 11) is 1.51. The molecule has 0 radical (unpaired) electrons. The van der Waals surface area contributed by atoms with Crippen LogP contribution in [0.5, 0.6) is 0 Å². The Morgan fingerprint density at radius 3 is 2.72 bits per heavy atom. The van der Waals surface area contributed by atoms with E-state index in [1.54, 1.807) is 0 Å². The number of amidine groups is 1. The highest BCUT2D eigenvalue weighted by molar-refractivity contribution is 5.88. The summed E-state index contributed by atoms with van der Waals surface area (Å²) < 4.78 is 10.7. The Morgan fingerprint density at radius 1 is 1.56 bits per heavy atom. The van der Waals surface area contributed by atoms with Gasteiger partial charge in [-0.2, -0.15) is 0 Å². The molecule has 1 aliphatic rings. The van der Waals surface area contributed by atoms with E-state index in [2.05, 4.69) is 10.6 Å². The van der Waals surface area contributed by atoms with Crippen molar-refractivity contribution in [1.82, 2.24) is 10.6 Å². The Kier molecular flexibility index (Phi) is 5.24. The fraction of sp³-hybridized carbons (Fsp3) is 0.727. The average Bonchev–Trinajstić information content (AvgIpc) is 3.10. The van der Waals surface area contributed by atoms with Gasteiger partial charge in [0, 0.05) is 18.8 Å². The van der Waals surface area contributed by atoms with Crippen LogP contribution in [0.2, 0.25) is 0 Å². The van der Waals surface area contributed by atoms with Crippen molar-refractivity contribution in [3.8, 4) is 0 Å². The standard InChI is InChI=1S/C11H20N3O4/c1-11(2,18-7-9-6-17-9)8-13-5-4-10(12-3)14(15)16/h4-5,9,12-13H,6-8H2,1-3H3/q-1/t9-/m1/s1. The lowest BCUT2D eigenvalue weighted by molar-refractivity contribution is -0.380. The zero-order valence-electron chi connectivity index (χ0n) is 10.9. The summed E-state index contributed by atoms with van der Waals surface area (Å²) in [6.45, 7) is 5.82. The van der Waals surface area contributed by atoms with E-state index >= 15 is 0 Å². The zero-order valence-corrected chi connectivity index (χ0v) is 10.9. The molecule has 104 valence electrons.